The molecule has 0 amide bonds. The first-order valence-corrected chi connectivity index (χ1v) is 4.32. The van der Waals surface area contributed by atoms with Crippen molar-refractivity contribution in [1.29, 1.82) is 0 Å². The van der Waals surface area contributed by atoms with Crippen molar-refractivity contribution < 1.29 is 4.68 Å². The van der Waals surface area contributed by atoms with Crippen LogP contribution in [0.4, 0.5) is 0 Å². The Labute approximate surface area is 68.4 Å². The molecule has 2 heteroatoms. The molecule has 1 aromatic rings. The van der Waals surface area contributed by atoms with Gasteiger partial charge in [0.2, 0.25) is 0 Å². The van der Waals surface area contributed by atoms with Crippen molar-refractivity contribution >= 4 is 0 Å². The molecule has 62 valence electrons. The highest BCUT2D eigenvalue weighted by Crippen LogP contribution is 1.98. The molecule has 0 spiro atoms. The van der Waals surface area contributed by atoms with E-state index < -0.39 is 0 Å². The molecule has 0 aromatic carbocycles. The Morgan fingerprint density at radius 1 is 1.45 bits per heavy atom. The lowest BCUT2D eigenvalue weighted by molar-refractivity contribution is -0.777. The van der Waals surface area contributed by atoms with Gasteiger partial charge in [0.05, 0.1) is 12.2 Å². The van der Waals surface area contributed by atoms with E-state index >= 15 is 0 Å². The largest absolute Gasteiger partial charge is 0.195 e. The molecule has 0 saturated carbocycles. The molecule has 0 atom stereocenters. The average molecular weight is 153 g/mol. The van der Waals surface area contributed by atoms with Crippen LogP contribution in [0.15, 0.2) is 18.5 Å². The summed E-state index contributed by atoms with van der Waals surface area (Å²) in [6.07, 6.45) is 5.45. The Kier molecular flexibility index (Phi) is 2.69. The zero-order valence-corrected chi connectivity index (χ0v) is 7.62. The summed E-state index contributed by atoms with van der Waals surface area (Å²) in [6, 6.07) is 2.66. The second-order valence-electron chi connectivity index (χ2n) is 3.13. The molecule has 1 heterocycles. The van der Waals surface area contributed by atoms with Gasteiger partial charge in [-0.05, 0) is 13.8 Å². The predicted octanol–water partition coefficient (Wildman–Crippen LogP) is 1.77. The molecule has 0 fully saturated rings. The van der Waals surface area contributed by atoms with Crippen molar-refractivity contribution in [2.24, 2.45) is 0 Å². The van der Waals surface area contributed by atoms with Crippen LogP contribution in [-0.2, 0) is 6.54 Å². The molecule has 11 heavy (non-hydrogen) atoms. The standard InChI is InChI=1S/C9H17N2/c1-4-6-10-7-5-8-11(10)9(2)3/h5,7-9H,4,6H2,1-3H3/q+1. The van der Waals surface area contributed by atoms with Crippen molar-refractivity contribution in [2.45, 2.75) is 39.8 Å². The predicted molar refractivity (Wildman–Crippen MR) is 45.3 cm³/mol. The van der Waals surface area contributed by atoms with Crippen molar-refractivity contribution in [3.05, 3.63) is 18.5 Å². The SMILES string of the molecule is CCC[n+]1cccn1C(C)C. The Hall–Kier alpha value is -0.790. The average Bonchev–Trinajstić information content (AvgIpc) is 2.36. The van der Waals surface area contributed by atoms with E-state index in [4.69, 9.17) is 0 Å². The van der Waals surface area contributed by atoms with Crippen molar-refractivity contribution in [3.8, 4) is 0 Å². The molecule has 1 rings (SSSR count). The summed E-state index contributed by atoms with van der Waals surface area (Å²) in [6.45, 7) is 7.72. The number of hydrogen-bond acceptors (Lipinski definition) is 0. The van der Waals surface area contributed by atoms with Gasteiger partial charge in [-0.2, -0.15) is 4.68 Å². The van der Waals surface area contributed by atoms with E-state index in [0.29, 0.717) is 6.04 Å². The summed E-state index contributed by atoms with van der Waals surface area (Å²) < 4.78 is 4.51. The quantitative estimate of drug-likeness (QED) is 0.585. The van der Waals surface area contributed by atoms with Gasteiger partial charge >= 0.3 is 0 Å². The van der Waals surface area contributed by atoms with Gasteiger partial charge in [-0.25, -0.2) is 0 Å². The van der Waals surface area contributed by atoms with Gasteiger partial charge in [0.25, 0.3) is 0 Å². The number of aryl methyl sites for hydroxylation is 1. The Bertz CT molecular complexity index is 213. The van der Waals surface area contributed by atoms with E-state index in [1.165, 1.54) is 6.42 Å². The van der Waals surface area contributed by atoms with Crippen LogP contribution in [0.5, 0.6) is 0 Å². The minimum absolute atomic E-state index is 0.566. The van der Waals surface area contributed by atoms with E-state index in [1.807, 2.05) is 0 Å². The van der Waals surface area contributed by atoms with Gasteiger partial charge in [-0.3, -0.25) is 0 Å². The fourth-order valence-corrected chi connectivity index (χ4v) is 1.28. The fourth-order valence-electron chi connectivity index (χ4n) is 1.28. The number of hydrogen-bond donors (Lipinski definition) is 0. The highest BCUT2D eigenvalue weighted by Gasteiger charge is 2.08. The first kappa shape index (κ1) is 8.31. The zero-order valence-electron chi connectivity index (χ0n) is 7.62. The highest BCUT2D eigenvalue weighted by molar-refractivity contribution is 4.73. The summed E-state index contributed by atoms with van der Waals surface area (Å²) in [4.78, 5) is 0. The van der Waals surface area contributed by atoms with E-state index in [2.05, 4.69) is 48.6 Å². The van der Waals surface area contributed by atoms with Gasteiger partial charge in [-0.1, -0.05) is 6.92 Å². The third-order valence-corrected chi connectivity index (χ3v) is 1.78. The van der Waals surface area contributed by atoms with Gasteiger partial charge in [0.15, 0.2) is 12.7 Å². The van der Waals surface area contributed by atoms with Crippen LogP contribution >= 0.6 is 0 Å². The van der Waals surface area contributed by atoms with E-state index in [1.54, 1.807) is 0 Å². The van der Waals surface area contributed by atoms with E-state index in [9.17, 15) is 0 Å². The summed E-state index contributed by atoms with van der Waals surface area (Å²) in [7, 11) is 0. The monoisotopic (exact) mass is 153 g/mol. The molecule has 0 radical (unpaired) electrons. The highest BCUT2D eigenvalue weighted by atomic mass is 15.4. The minimum Gasteiger partial charge on any atom is -0.158 e. The Morgan fingerprint density at radius 2 is 2.18 bits per heavy atom. The third kappa shape index (κ3) is 1.82. The van der Waals surface area contributed by atoms with Crippen LogP contribution in [0.3, 0.4) is 0 Å². The molecule has 2 nitrogen and oxygen atoms in total. The molecule has 0 unspecified atom stereocenters. The van der Waals surface area contributed by atoms with Crippen LogP contribution in [0.2, 0.25) is 0 Å². The molecular formula is C9H17N2+. The van der Waals surface area contributed by atoms with Crippen LogP contribution in [0.1, 0.15) is 33.2 Å². The van der Waals surface area contributed by atoms with Gasteiger partial charge in [0, 0.05) is 12.5 Å². The van der Waals surface area contributed by atoms with E-state index in [0.717, 1.165) is 6.54 Å². The maximum absolute atomic E-state index is 2.25. The summed E-state index contributed by atoms with van der Waals surface area (Å²) in [5.41, 5.74) is 0. The second-order valence-corrected chi connectivity index (χ2v) is 3.13. The van der Waals surface area contributed by atoms with Gasteiger partial charge in [0.1, 0.15) is 0 Å². The van der Waals surface area contributed by atoms with Crippen LogP contribution in [-0.4, -0.2) is 4.68 Å². The fraction of sp³-hybridized carbons (Fsp3) is 0.667. The number of aromatic nitrogens is 2. The number of nitrogens with zero attached hydrogens (tertiary/aromatic N) is 2. The molecule has 0 aliphatic rings. The summed E-state index contributed by atoms with van der Waals surface area (Å²) in [5.74, 6) is 0. The second kappa shape index (κ2) is 3.56. The maximum atomic E-state index is 2.25. The normalized spacial score (nSPS) is 10.9. The molecule has 1 aromatic heterocycles. The molecule has 0 N–H and O–H groups in total. The molecule has 0 aliphatic carbocycles. The van der Waals surface area contributed by atoms with Crippen LogP contribution in [0, 0.1) is 0 Å². The van der Waals surface area contributed by atoms with Crippen molar-refractivity contribution in [3.63, 3.8) is 0 Å². The third-order valence-electron chi connectivity index (χ3n) is 1.78. The van der Waals surface area contributed by atoms with Gasteiger partial charge in [-0.15, -0.1) is 4.68 Å². The summed E-state index contributed by atoms with van der Waals surface area (Å²) >= 11 is 0. The zero-order chi connectivity index (χ0) is 8.27. The molecule has 0 saturated heterocycles. The lowest BCUT2D eigenvalue weighted by Crippen LogP contribution is -2.42. The first-order valence-electron chi connectivity index (χ1n) is 4.32. The minimum atomic E-state index is 0.566. The smallest absolute Gasteiger partial charge is 0.158 e. The Morgan fingerprint density at radius 3 is 2.73 bits per heavy atom. The number of rotatable bonds is 3. The molecule has 0 aliphatic heterocycles. The Balaban J connectivity index is 2.78. The maximum Gasteiger partial charge on any atom is 0.195 e. The van der Waals surface area contributed by atoms with Crippen LogP contribution in [0.25, 0.3) is 0 Å². The lowest BCUT2D eigenvalue weighted by atomic mass is 10.4. The summed E-state index contributed by atoms with van der Waals surface area (Å²) in [5, 5.41) is 0. The van der Waals surface area contributed by atoms with Gasteiger partial charge < -0.3 is 0 Å². The molecular weight excluding hydrogens is 136 g/mol. The topological polar surface area (TPSA) is 8.81 Å². The first-order chi connectivity index (χ1) is 5.25. The lowest BCUT2D eigenvalue weighted by Gasteiger charge is -2.04. The van der Waals surface area contributed by atoms with Crippen LogP contribution < -0.4 is 4.68 Å². The van der Waals surface area contributed by atoms with E-state index in [-0.39, 0.29) is 0 Å². The van der Waals surface area contributed by atoms with Crippen molar-refractivity contribution in [2.75, 3.05) is 0 Å². The van der Waals surface area contributed by atoms with Crippen molar-refractivity contribution in [1.82, 2.24) is 4.68 Å². The molecule has 0 bridgehead atoms.